The van der Waals surface area contributed by atoms with Crippen LogP contribution in [0.4, 0.5) is 4.79 Å². The van der Waals surface area contributed by atoms with Crippen molar-refractivity contribution in [3.8, 4) is 0 Å². The second kappa shape index (κ2) is 5.32. The minimum atomic E-state index is -3.64. The zero-order chi connectivity index (χ0) is 14.0. The van der Waals surface area contributed by atoms with Crippen molar-refractivity contribution in [1.29, 1.82) is 0 Å². The first-order valence-corrected chi connectivity index (χ1v) is 7.32. The summed E-state index contributed by atoms with van der Waals surface area (Å²) in [6, 6.07) is 2.40. The van der Waals surface area contributed by atoms with Crippen molar-refractivity contribution in [1.82, 2.24) is 14.6 Å². The molecule has 2 N–H and O–H groups in total. The van der Waals surface area contributed by atoms with Crippen LogP contribution >= 0.6 is 11.6 Å². The number of amides is 1. The molecule has 2 heterocycles. The summed E-state index contributed by atoms with van der Waals surface area (Å²) in [5, 5.41) is 11.1. The van der Waals surface area contributed by atoms with E-state index in [4.69, 9.17) is 16.7 Å². The van der Waals surface area contributed by atoms with Gasteiger partial charge in [0.2, 0.25) is 10.0 Å². The molecule has 1 aromatic heterocycles. The summed E-state index contributed by atoms with van der Waals surface area (Å²) in [6.07, 6.45) is 0.486. The van der Waals surface area contributed by atoms with Gasteiger partial charge in [0.05, 0.1) is 0 Å². The number of carbonyl (C=O) groups is 1. The molecule has 1 atom stereocenters. The fourth-order valence-electron chi connectivity index (χ4n) is 1.90. The molecule has 1 aliphatic heterocycles. The highest BCUT2D eigenvalue weighted by Crippen LogP contribution is 2.21. The summed E-state index contributed by atoms with van der Waals surface area (Å²) in [7, 11) is -3.64. The molecule has 104 valence electrons. The quantitative estimate of drug-likeness (QED) is 0.803. The van der Waals surface area contributed by atoms with Gasteiger partial charge in [0.1, 0.15) is 10.0 Å². The molecule has 0 unspecified atom stereocenters. The molecule has 0 spiro atoms. The molecule has 1 aromatic rings. The number of carboxylic acid groups (broad SMARTS) is 1. The van der Waals surface area contributed by atoms with E-state index in [9.17, 15) is 13.2 Å². The topological polar surface area (TPSA) is 99.6 Å². The summed E-state index contributed by atoms with van der Waals surface area (Å²) in [5.41, 5.74) is 0. The first-order valence-electron chi connectivity index (χ1n) is 5.51. The van der Waals surface area contributed by atoms with Gasteiger partial charge < -0.3 is 10.4 Å². The van der Waals surface area contributed by atoms with Crippen LogP contribution < -0.4 is 5.32 Å². The van der Waals surface area contributed by atoms with E-state index < -0.39 is 16.1 Å². The second-order valence-corrected chi connectivity index (χ2v) is 6.44. The molecule has 1 saturated heterocycles. The first kappa shape index (κ1) is 14.0. The van der Waals surface area contributed by atoms with E-state index in [1.54, 1.807) is 0 Å². The van der Waals surface area contributed by atoms with Crippen molar-refractivity contribution in [2.24, 2.45) is 0 Å². The molecule has 0 saturated carbocycles. The third kappa shape index (κ3) is 3.14. The lowest BCUT2D eigenvalue weighted by Gasteiger charge is -2.16. The lowest BCUT2D eigenvalue weighted by atomic mass is 10.3. The number of nitrogens with one attached hydrogen (secondary N) is 1. The Morgan fingerprint density at radius 2 is 2.26 bits per heavy atom. The Labute approximate surface area is 115 Å². The van der Waals surface area contributed by atoms with E-state index in [1.165, 1.54) is 22.6 Å². The van der Waals surface area contributed by atoms with E-state index >= 15 is 0 Å². The number of halogens is 1. The van der Waals surface area contributed by atoms with Gasteiger partial charge in [-0.3, -0.25) is 0 Å². The van der Waals surface area contributed by atoms with Crippen molar-refractivity contribution >= 4 is 27.7 Å². The Kier molecular flexibility index (Phi) is 3.93. The number of nitrogens with zero attached hydrogens (tertiary/aromatic N) is 2. The minimum absolute atomic E-state index is 0.0490. The van der Waals surface area contributed by atoms with Crippen molar-refractivity contribution in [2.75, 3.05) is 13.1 Å². The lowest BCUT2D eigenvalue weighted by Crippen LogP contribution is -2.37. The smallest absolute Gasteiger partial charge is 0.404 e. The van der Waals surface area contributed by atoms with E-state index in [0.29, 0.717) is 6.42 Å². The van der Waals surface area contributed by atoms with Gasteiger partial charge in [-0.05, 0) is 18.6 Å². The SMILES string of the molecule is O=C(O)N[C@@H]1CCN(S(=O)(=O)c2ccc(Cl)nc2)C1. The van der Waals surface area contributed by atoms with Gasteiger partial charge in [0.15, 0.2) is 0 Å². The Hall–Kier alpha value is -1.38. The molecule has 1 fully saturated rings. The normalized spacial score (nSPS) is 20.4. The van der Waals surface area contributed by atoms with Crippen molar-refractivity contribution in [2.45, 2.75) is 17.4 Å². The molecule has 19 heavy (non-hydrogen) atoms. The Morgan fingerprint density at radius 3 is 2.84 bits per heavy atom. The summed E-state index contributed by atoms with van der Waals surface area (Å²) in [4.78, 5) is 14.3. The van der Waals surface area contributed by atoms with Crippen LogP contribution in [0.3, 0.4) is 0 Å². The van der Waals surface area contributed by atoms with E-state index in [0.717, 1.165) is 0 Å². The maximum absolute atomic E-state index is 12.2. The van der Waals surface area contributed by atoms with Crippen LogP contribution in [0.1, 0.15) is 6.42 Å². The van der Waals surface area contributed by atoms with Crippen LogP contribution in [0.15, 0.2) is 23.2 Å². The number of hydrogen-bond acceptors (Lipinski definition) is 4. The van der Waals surface area contributed by atoms with Gasteiger partial charge in [-0.25, -0.2) is 18.2 Å². The molecule has 2 rings (SSSR count). The second-order valence-electron chi connectivity index (χ2n) is 4.11. The molecular formula is C10H12ClN3O4S. The van der Waals surface area contributed by atoms with Gasteiger partial charge in [-0.1, -0.05) is 11.6 Å². The molecule has 7 nitrogen and oxygen atoms in total. The molecule has 0 aliphatic carbocycles. The third-order valence-corrected chi connectivity index (χ3v) is 4.89. The van der Waals surface area contributed by atoms with Crippen LogP contribution in [-0.2, 0) is 10.0 Å². The zero-order valence-corrected chi connectivity index (χ0v) is 11.4. The standard InChI is InChI=1S/C10H12ClN3O4S/c11-9-2-1-8(5-12-9)19(17,18)14-4-3-7(6-14)13-10(15)16/h1-2,5,7,13H,3-4,6H2,(H,15,16)/t7-/m1/s1. The predicted octanol–water partition coefficient (Wildman–Crippen LogP) is 0.766. The fraction of sp³-hybridized carbons (Fsp3) is 0.400. The zero-order valence-electron chi connectivity index (χ0n) is 9.78. The number of rotatable bonds is 3. The molecular weight excluding hydrogens is 294 g/mol. The van der Waals surface area contributed by atoms with Crippen LogP contribution in [0, 0.1) is 0 Å². The van der Waals surface area contributed by atoms with Crippen LogP contribution in [0.2, 0.25) is 5.15 Å². The molecule has 9 heteroatoms. The monoisotopic (exact) mass is 305 g/mol. The number of aromatic nitrogens is 1. The molecule has 0 aromatic carbocycles. The highest BCUT2D eigenvalue weighted by molar-refractivity contribution is 7.89. The molecule has 0 radical (unpaired) electrons. The number of hydrogen-bond donors (Lipinski definition) is 2. The fourth-order valence-corrected chi connectivity index (χ4v) is 3.46. The summed E-state index contributed by atoms with van der Waals surface area (Å²) in [6.45, 7) is 0.396. The van der Waals surface area contributed by atoms with Crippen LogP contribution in [0.25, 0.3) is 0 Å². The highest BCUT2D eigenvalue weighted by Gasteiger charge is 2.33. The van der Waals surface area contributed by atoms with E-state index in [2.05, 4.69) is 10.3 Å². The average Bonchev–Trinajstić information content (AvgIpc) is 2.78. The van der Waals surface area contributed by atoms with Gasteiger partial charge in [-0.2, -0.15) is 4.31 Å². The van der Waals surface area contributed by atoms with Gasteiger partial charge in [0.25, 0.3) is 0 Å². The highest BCUT2D eigenvalue weighted by atomic mass is 35.5. The predicted molar refractivity (Wildman–Crippen MR) is 67.6 cm³/mol. The number of pyridine rings is 1. The molecule has 0 bridgehead atoms. The van der Waals surface area contributed by atoms with Gasteiger partial charge >= 0.3 is 6.09 Å². The first-order chi connectivity index (χ1) is 8.89. The van der Waals surface area contributed by atoms with Crippen molar-refractivity contribution in [3.63, 3.8) is 0 Å². The maximum Gasteiger partial charge on any atom is 0.404 e. The third-order valence-electron chi connectivity index (χ3n) is 2.82. The van der Waals surface area contributed by atoms with Crippen LogP contribution in [-0.4, -0.2) is 48.0 Å². The minimum Gasteiger partial charge on any atom is -0.465 e. The summed E-state index contributed by atoms with van der Waals surface area (Å²) >= 11 is 5.61. The lowest BCUT2D eigenvalue weighted by molar-refractivity contribution is 0.190. The van der Waals surface area contributed by atoms with Crippen LogP contribution in [0.5, 0.6) is 0 Å². The molecule has 1 amide bonds. The Balaban J connectivity index is 2.13. The Bertz CT molecular complexity index is 575. The summed E-state index contributed by atoms with van der Waals surface area (Å²) in [5.74, 6) is 0. The molecule has 1 aliphatic rings. The van der Waals surface area contributed by atoms with Crippen molar-refractivity contribution in [3.05, 3.63) is 23.5 Å². The maximum atomic E-state index is 12.2. The summed E-state index contributed by atoms with van der Waals surface area (Å²) < 4.78 is 25.7. The Morgan fingerprint density at radius 1 is 1.53 bits per heavy atom. The van der Waals surface area contributed by atoms with Crippen molar-refractivity contribution < 1.29 is 18.3 Å². The largest absolute Gasteiger partial charge is 0.465 e. The van der Waals surface area contributed by atoms with Gasteiger partial charge in [0, 0.05) is 25.3 Å². The average molecular weight is 306 g/mol. The number of sulfonamides is 1. The van der Waals surface area contributed by atoms with E-state index in [-0.39, 0.29) is 29.2 Å². The van der Waals surface area contributed by atoms with E-state index in [1.807, 2.05) is 0 Å². The van der Waals surface area contributed by atoms with Gasteiger partial charge in [-0.15, -0.1) is 0 Å².